The van der Waals surface area contributed by atoms with Gasteiger partial charge in [0.2, 0.25) is 0 Å². The number of benzene rings is 4. The van der Waals surface area contributed by atoms with Crippen LogP contribution in [0.4, 0.5) is 37.7 Å². The summed E-state index contributed by atoms with van der Waals surface area (Å²) in [5, 5.41) is 6.45. The van der Waals surface area contributed by atoms with Crippen LogP contribution in [0.15, 0.2) is 107 Å². The van der Waals surface area contributed by atoms with Gasteiger partial charge in [-0.25, -0.2) is 0 Å². The summed E-state index contributed by atoms with van der Waals surface area (Å²) in [4.78, 5) is 1.03. The van der Waals surface area contributed by atoms with Gasteiger partial charge in [0, 0.05) is 21.2 Å². The molecule has 0 bridgehead atoms. The lowest BCUT2D eigenvalue weighted by Crippen LogP contribution is -2.27. The number of halogens is 6. The minimum atomic E-state index is -4.61. The Morgan fingerprint density at radius 2 is 0.868 bits per heavy atom. The van der Waals surface area contributed by atoms with E-state index in [1.54, 1.807) is 48.5 Å². The standard InChI is InChI=1S/C28H22F6N2S2/c29-27(30,31)19-9-5-7-17(15-19)25(35-21-11-1-3-13-23(21)37)26(36-22-12-2-4-14-24(22)38)18-8-6-10-20(16-18)28(32,33)34/h1-16,25-26,35-38H. The zero-order valence-corrected chi connectivity index (χ0v) is 21.3. The van der Waals surface area contributed by atoms with Gasteiger partial charge in [-0.15, -0.1) is 25.3 Å². The van der Waals surface area contributed by atoms with Crippen LogP contribution in [-0.2, 0) is 12.4 Å². The van der Waals surface area contributed by atoms with Gasteiger partial charge >= 0.3 is 12.4 Å². The highest BCUT2D eigenvalue weighted by Crippen LogP contribution is 2.41. The van der Waals surface area contributed by atoms with Gasteiger partial charge in [0.15, 0.2) is 0 Å². The van der Waals surface area contributed by atoms with Gasteiger partial charge in [-0.1, -0.05) is 48.5 Å². The molecule has 0 radical (unpaired) electrons. The van der Waals surface area contributed by atoms with Gasteiger partial charge in [0.25, 0.3) is 0 Å². The molecular weight excluding hydrogens is 542 g/mol. The number of para-hydroxylation sites is 2. The normalized spacial score (nSPS) is 13.6. The molecule has 198 valence electrons. The van der Waals surface area contributed by atoms with E-state index in [2.05, 4.69) is 35.9 Å². The Bertz CT molecular complexity index is 1300. The van der Waals surface area contributed by atoms with Crippen LogP contribution in [0, 0.1) is 0 Å². The van der Waals surface area contributed by atoms with Crippen LogP contribution in [0.1, 0.15) is 34.3 Å². The fourth-order valence-electron chi connectivity index (χ4n) is 4.06. The van der Waals surface area contributed by atoms with Crippen molar-refractivity contribution in [2.75, 3.05) is 10.6 Å². The molecule has 2 atom stereocenters. The van der Waals surface area contributed by atoms with Crippen LogP contribution in [0.2, 0.25) is 0 Å². The summed E-state index contributed by atoms with van der Waals surface area (Å²) >= 11 is 8.91. The van der Waals surface area contributed by atoms with E-state index >= 15 is 0 Å². The number of thiol groups is 2. The number of rotatable bonds is 7. The van der Waals surface area contributed by atoms with Crippen LogP contribution >= 0.6 is 25.3 Å². The number of nitrogens with one attached hydrogen (secondary N) is 2. The van der Waals surface area contributed by atoms with E-state index in [0.29, 0.717) is 21.2 Å². The molecule has 0 amide bonds. The van der Waals surface area contributed by atoms with Gasteiger partial charge in [-0.3, -0.25) is 0 Å². The summed E-state index contributed by atoms with van der Waals surface area (Å²) in [6.45, 7) is 0. The second kappa shape index (κ2) is 11.2. The lowest BCUT2D eigenvalue weighted by atomic mass is 9.90. The Kier molecular flexibility index (Phi) is 8.22. The van der Waals surface area contributed by atoms with E-state index < -0.39 is 35.6 Å². The predicted octanol–water partition coefficient (Wildman–Crippen LogP) is 9.31. The number of hydrogen-bond acceptors (Lipinski definition) is 4. The van der Waals surface area contributed by atoms with E-state index in [1.165, 1.54) is 24.3 Å². The third-order valence-electron chi connectivity index (χ3n) is 5.91. The van der Waals surface area contributed by atoms with Gasteiger partial charge in [0.05, 0.1) is 23.2 Å². The Labute approximate surface area is 226 Å². The molecular formula is C28H22F6N2S2. The molecule has 0 fully saturated rings. The van der Waals surface area contributed by atoms with Gasteiger partial charge in [-0.2, -0.15) is 26.3 Å². The fourth-order valence-corrected chi connectivity index (χ4v) is 4.51. The summed E-state index contributed by atoms with van der Waals surface area (Å²) in [6.07, 6.45) is -9.22. The number of alkyl halides is 6. The average molecular weight is 565 g/mol. The minimum Gasteiger partial charge on any atom is -0.375 e. The Hall–Kier alpha value is -3.24. The molecule has 0 spiro atoms. The topological polar surface area (TPSA) is 24.1 Å². The summed E-state index contributed by atoms with van der Waals surface area (Å²) in [5.74, 6) is 0. The molecule has 0 aliphatic heterocycles. The SMILES string of the molecule is FC(F)(F)c1cccc(C(Nc2ccccc2S)C(Nc2ccccc2S)c2cccc(C(F)(F)F)c2)c1. The molecule has 4 rings (SSSR count). The second-order valence-electron chi connectivity index (χ2n) is 8.52. The molecule has 0 heterocycles. The first kappa shape index (κ1) is 27.8. The smallest absolute Gasteiger partial charge is 0.375 e. The number of anilines is 2. The predicted molar refractivity (Wildman–Crippen MR) is 143 cm³/mol. The molecule has 4 aromatic rings. The monoisotopic (exact) mass is 564 g/mol. The van der Waals surface area contributed by atoms with Crippen LogP contribution in [0.5, 0.6) is 0 Å². The lowest BCUT2D eigenvalue weighted by Gasteiger charge is -2.33. The van der Waals surface area contributed by atoms with Crippen LogP contribution in [-0.4, -0.2) is 0 Å². The van der Waals surface area contributed by atoms with Crippen molar-refractivity contribution in [3.63, 3.8) is 0 Å². The van der Waals surface area contributed by atoms with Crippen molar-refractivity contribution >= 4 is 36.6 Å². The largest absolute Gasteiger partial charge is 0.416 e. The summed E-state index contributed by atoms with van der Waals surface area (Å²) < 4.78 is 81.9. The molecule has 2 unspecified atom stereocenters. The Morgan fingerprint density at radius 3 is 1.21 bits per heavy atom. The molecule has 0 aliphatic carbocycles. The van der Waals surface area contributed by atoms with Crippen LogP contribution in [0.3, 0.4) is 0 Å². The number of hydrogen-bond donors (Lipinski definition) is 4. The van der Waals surface area contributed by atoms with Crippen molar-refractivity contribution in [1.82, 2.24) is 0 Å². The molecule has 10 heteroatoms. The molecule has 0 aliphatic rings. The van der Waals surface area contributed by atoms with Crippen LogP contribution < -0.4 is 10.6 Å². The van der Waals surface area contributed by atoms with Crippen molar-refractivity contribution < 1.29 is 26.3 Å². The third kappa shape index (κ3) is 6.60. The third-order valence-corrected chi connectivity index (χ3v) is 6.69. The second-order valence-corrected chi connectivity index (χ2v) is 9.49. The molecule has 2 nitrogen and oxygen atoms in total. The van der Waals surface area contributed by atoms with E-state index in [1.807, 2.05) is 0 Å². The Balaban J connectivity index is 1.92. The maximum Gasteiger partial charge on any atom is 0.416 e. The highest BCUT2D eigenvalue weighted by atomic mass is 32.1. The van der Waals surface area contributed by atoms with Gasteiger partial charge in [0.1, 0.15) is 0 Å². The highest BCUT2D eigenvalue weighted by Gasteiger charge is 2.35. The first-order valence-electron chi connectivity index (χ1n) is 11.4. The molecule has 0 aromatic heterocycles. The zero-order chi connectivity index (χ0) is 27.5. The molecule has 2 N–H and O–H groups in total. The van der Waals surface area contributed by atoms with Gasteiger partial charge in [-0.05, 0) is 59.7 Å². The van der Waals surface area contributed by atoms with Crippen molar-refractivity contribution in [3.8, 4) is 0 Å². The maximum atomic E-state index is 13.6. The minimum absolute atomic E-state index is 0.211. The summed E-state index contributed by atoms with van der Waals surface area (Å²) in [6, 6.07) is 21.2. The quantitative estimate of drug-likeness (QED) is 0.133. The zero-order valence-electron chi connectivity index (χ0n) is 19.6. The Morgan fingerprint density at radius 1 is 0.500 bits per heavy atom. The van der Waals surface area contributed by atoms with Gasteiger partial charge < -0.3 is 10.6 Å². The fraction of sp³-hybridized carbons (Fsp3) is 0.143. The van der Waals surface area contributed by atoms with E-state index in [4.69, 9.17) is 0 Å². The van der Waals surface area contributed by atoms with E-state index in [9.17, 15) is 26.3 Å². The lowest BCUT2D eigenvalue weighted by molar-refractivity contribution is -0.138. The molecule has 38 heavy (non-hydrogen) atoms. The molecule has 0 saturated heterocycles. The molecule has 0 saturated carbocycles. The van der Waals surface area contributed by atoms with Crippen molar-refractivity contribution in [1.29, 1.82) is 0 Å². The average Bonchev–Trinajstić information content (AvgIpc) is 2.87. The van der Waals surface area contributed by atoms with Crippen molar-refractivity contribution in [2.24, 2.45) is 0 Å². The van der Waals surface area contributed by atoms with E-state index in [-0.39, 0.29) is 11.1 Å². The highest BCUT2D eigenvalue weighted by molar-refractivity contribution is 7.80. The van der Waals surface area contributed by atoms with Crippen molar-refractivity contribution in [3.05, 3.63) is 119 Å². The maximum absolute atomic E-state index is 13.6. The first-order chi connectivity index (χ1) is 17.9. The molecule has 4 aromatic carbocycles. The van der Waals surface area contributed by atoms with E-state index in [0.717, 1.165) is 24.3 Å². The van der Waals surface area contributed by atoms with Crippen molar-refractivity contribution in [2.45, 2.75) is 34.2 Å². The first-order valence-corrected chi connectivity index (χ1v) is 12.3. The van der Waals surface area contributed by atoms with Crippen LogP contribution in [0.25, 0.3) is 0 Å². The summed E-state index contributed by atoms with van der Waals surface area (Å²) in [7, 11) is 0. The summed E-state index contributed by atoms with van der Waals surface area (Å²) in [5.41, 5.74) is -0.338.